The van der Waals surface area contributed by atoms with Crippen molar-refractivity contribution in [2.24, 2.45) is 5.92 Å². The number of benzene rings is 1. The topological polar surface area (TPSA) is 40.5 Å². The molecule has 1 N–H and O–H groups in total. The van der Waals surface area contributed by atoms with Gasteiger partial charge in [-0.1, -0.05) is 12.1 Å². The van der Waals surface area contributed by atoms with Crippen LogP contribution in [0, 0.1) is 9.49 Å². The predicted molar refractivity (Wildman–Crippen MR) is 79.5 cm³/mol. The van der Waals surface area contributed by atoms with Gasteiger partial charge in [0.1, 0.15) is 0 Å². The average molecular weight is 359 g/mol. The third kappa shape index (κ3) is 3.23. The second-order valence-electron chi connectivity index (χ2n) is 4.88. The second-order valence-corrected chi connectivity index (χ2v) is 6.12. The van der Waals surface area contributed by atoms with Crippen LogP contribution in [-0.4, -0.2) is 29.1 Å². The number of rotatable bonds is 3. The maximum atomic E-state index is 10.9. The van der Waals surface area contributed by atoms with E-state index in [1.165, 1.54) is 9.13 Å². The van der Waals surface area contributed by atoms with Gasteiger partial charge in [0.25, 0.3) is 0 Å². The van der Waals surface area contributed by atoms with Crippen molar-refractivity contribution in [2.75, 3.05) is 13.1 Å². The number of carbonyl (C=O) groups is 1. The van der Waals surface area contributed by atoms with Gasteiger partial charge in [0, 0.05) is 9.61 Å². The van der Waals surface area contributed by atoms with Crippen LogP contribution in [0.2, 0.25) is 0 Å². The molecule has 0 bridgehead atoms. The first-order chi connectivity index (χ1) is 8.58. The number of hydrogen-bond donors (Lipinski definition) is 1. The summed E-state index contributed by atoms with van der Waals surface area (Å²) in [5.41, 5.74) is 1.31. The molecule has 0 amide bonds. The van der Waals surface area contributed by atoms with Gasteiger partial charge in [-0.15, -0.1) is 0 Å². The molecule has 3 nitrogen and oxygen atoms in total. The van der Waals surface area contributed by atoms with Crippen LogP contribution in [0.3, 0.4) is 0 Å². The van der Waals surface area contributed by atoms with Gasteiger partial charge in [-0.2, -0.15) is 0 Å². The van der Waals surface area contributed by atoms with E-state index in [9.17, 15) is 4.79 Å². The Balaban J connectivity index is 1.97. The summed E-state index contributed by atoms with van der Waals surface area (Å²) in [6.45, 7) is 3.96. The Kier molecular flexibility index (Phi) is 4.61. The normalized spacial score (nSPS) is 19.7. The van der Waals surface area contributed by atoms with E-state index >= 15 is 0 Å². The van der Waals surface area contributed by atoms with Crippen LogP contribution in [-0.2, 0) is 4.79 Å². The molecule has 0 spiro atoms. The van der Waals surface area contributed by atoms with Crippen molar-refractivity contribution < 1.29 is 9.90 Å². The largest absolute Gasteiger partial charge is 0.481 e. The lowest BCUT2D eigenvalue weighted by molar-refractivity contribution is -0.143. The first kappa shape index (κ1) is 13.8. The molecular formula is C14H18INO2. The highest BCUT2D eigenvalue weighted by Gasteiger charge is 2.27. The van der Waals surface area contributed by atoms with Crippen molar-refractivity contribution in [3.63, 3.8) is 0 Å². The molecule has 18 heavy (non-hydrogen) atoms. The Hall–Kier alpha value is -0.620. The fourth-order valence-electron chi connectivity index (χ4n) is 2.49. The lowest BCUT2D eigenvalue weighted by Crippen LogP contribution is -2.37. The van der Waals surface area contributed by atoms with Crippen LogP contribution in [0.15, 0.2) is 24.3 Å². The standard InChI is InChI=1S/C14H18INO2/c1-10(11-2-4-13(15)5-3-11)16-8-6-12(7-9-16)14(17)18/h2-5,10,12H,6-9H2,1H3,(H,17,18). The molecule has 98 valence electrons. The third-order valence-corrected chi connectivity index (χ3v) is 4.50. The summed E-state index contributed by atoms with van der Waals surface area (Å²) < 4.78 is 1.24. The van der Waals surface area contributed by atoms with E-state index in [4.69, 9.17) is 5.11 Å². The molecule has 1 fully saturated rings. The quantitative estimate of drug-likeness (QED) is 0.843. The van der Waals surface area contributed by atoms with Gasteiger partial charge >= 0.3 is 5.97 Å². The molecule has 4 heteroatoms. The predicted octanol–water partition coefficient (Wildman–Crippen LogP) is 3.15. The van der Waals surface area contributed by atoms with Gasteiger partial charge in [-0.25, -0.2) is 0 Å². The Bertz CT molecular complexity index is 410. The SMILES string of the molecule is CC(c1ccc(I)cc1)N1CCC(C(=O)O)CC1. The number of carboxylic acid groups (broad SMARTS) is 1. The van der Waals surface area contributed by atoms with Gasteiger partial charge in [0.2, 0.25) is 0 Å². The van der Waals surface area contributed by atoms with Crippen molar-refractivity contribution in [1.82, 2.24) is 4.90 Å². The summed E-state index contributed by atoms with van der Waals surface area (Å²) in [6, 6.07) is 8.94. The molecule has 1 atom stereocenters. The van der Waals surface area contributed by atoms with Gasteiger partial charge in [0.05, 0.1) is 5.92 Å². The first-order valence-electron chi connectivity index (χ1n) is 6.30. The summed E-state index contributed by atoms with van der Waals surface area (Å²) in [6.07, 6.45) is 1.54. The summed E-state index contributed by atoms with van der Waals surface area (Å²) in [5, 5.41) is 8.99. The highest BCUT2D eigenvalue weighted by atomic mass is 127. The molecule has 1 saturated heterocycles. The molecule has 1 heterocycles. The average Bonchev–Trinajstić information content (AvgIpc) is 2.39. The van der Waals surface area contributed by atoms with E-state index in [2.05, 4.69) is 58.7 Å². The molecular weight excluding hydrogens is 341 g/mol. The van der Waals surface area contributed by atoms with E-state index in [1.54, 1.807) is 0 Å². The highest BCUT2D eigenvalue weighted by molar-refractivity contribution is 14.1. The third-order valence-electron chi connectivity index (χ3n) is 3.78. The van der Waals surface area contributed by atoms with Crippen molar-refractivity contribution in [3.8, 4) is 0 Å². The summed E-state index contributed by atoms with van der Waals surface area (Å²) >= 11 is 2.31. The van der Waals surface area contributed by atoms with Crippen LogP contribution in [0.25, 0.3) is 0 Å². The molecule has 1 aromatic carbocycles. The van der Waals surface area contributed by atoms with Crippen LogP contribution in [0.4, 0.5) is 0 Å². The molecule has 1 unspecified atom stereocenters. The lowest BCUT2D eigenvalue weighted by atomic mass is 9.95. The zero-order chi connectivity index (χ0) is 13.1. The fourth-order valence-corrected chi connectivity index (χ4v) is 2.85. The van der Waals surface area contributed by atoms with E-state index in [-0.39, 0.29) is 5.92 Å². The molecule has 1 aliphatic rings. The Morgan fingerprint density at radius 2 is 1.89 bits per heavy atom. The van der Waals surface area contributed by atoms with Gasteiger partial charge in [-0.05, 0) is 73.1 Å². The number of hydrogen-bond acceptors (Lipinski definition) is 2. The number of likely N-dealkylation sites (tertiary alicyclic amines) is 1. The second kappa shape index (κ2) is 6.02. The van der Waals surface area contributed by atoms with E-state index in [0.717, 1.165) is 25.9 Å². The van der Waals surface area contributed by atoms with Crippen LogP contribution in [0.5, 0.6) is 0 Å². The Morgan fingerprint density at radius 1 is 1.33 bits per heavy atom. The van der Waals surface area contributed by atoms with Crippen molar-refractivity contribution in [2.45, 2.75) is 25.8 Å². The molecule has 0 aliphatic carbocycles. The first-order valence-corrected chi connectivity index (χ1v) is 7.38. The van der Waals surface area contributed by atoms with Crippen molar-refractivity contribution >= 4 is 28.6 Å². The number of nitrogens with zero attached hydrogens (tertiary/aromatic N) is 1. The van der Waals surface area contributed by atoms with Gasteiger partial charge in [0.15, 0.2) is 0 Å². The lowest BCUT2D eigenvalue weighted by Gasteiger charge is -2.35. The number of halogens is 1. The van der Waals surface area contributed by atoms with Crippen molar-refractivity contribution in [3.05, 3.63) is 33.4 Å². The molecule has 0 radical (unpaired) electrons. The minimum atomic E-state index is -0.642. The fraction of sp³-hybridized carbons (Fsp3) is 0.500. The monoisotopic (exact) mass is 359 g/mol. The molecule has 0 saturated carbocycles. The summed E-state index contributed by atoms with van der Waals surface area (Å²) in [4.78, 5) is 13.3. The van der Waals surface area contributed by atoms with Gasteiger partial charge in [-0.3, -0.25) is 9.69 Å². The number of piperidine rings is 1. The Morgan fingerprint density at radius 3 is 2.39 bits per heavy atom. The van der Waals surface area contributed by atoms with Crippen LogP contribution < -0.4 is 0 Å². The van der Waals surface area contributed by atoms with E-state index < -0.39 is 5.97 Å². The molecule has 1 aromatic rings. The number of aliphatic carboxylic acids is 1. The van der Waals surface area contributed by atoms with Gasteiger partial charge < -0.3 is 5.11 Å². The highest BCUT2D eigenvalue weighted by Crippen LogP contribution is 2.26. The molecule has 1 aliphatic heterocycles. The van der Waals surface area contributed by atoms with Crippen LogP contribution in [0.1, 0.15) is 31.4 Å². The van der Waals surface area contributed by atoms with Crippen molar-refractivity contribution in [1.29, 1.82) is 0 Å². The Labute approximate surface area is 121 Å². The minimum absolute atomic E-state index is 0.148. The molecule has 2 rings (SSSR count). The minimum Gasteiger partial charge on any atom is -0.481 e. The van der Waals surface area contributed by atoms with E-state index in [1.807, 2.05) is 0 Å². The maximum Gasteiger partial charge on any atom is 0.306 e. The van der Waals surface area contributed by atoms with E-state index in [0.29, 0.717) is 6.04 Å². The summed E-state index contributed by atoms with van der Waals surface area (Å²) in [5.74, 6) is -0.790. The zero-order valence-electron chi connectivity index (χ0n) is 10.5. The maximum absolute atomic E-state index is 10.9. The van der Waals surface area contributed by atoms with Crippen LogP contribution >= 0.6 is 22.6 Å². The molecule has 0 aromatic heterocycles. The zero-order valence-corrected chi connectivity index (χ0v) is 12.6. The number of carboxylic acids is 1. The smallest absolute Gasteiger partial charge is 0.306 e. The summed E-state index contributed by atoms with van der Waals surface area (Å²) in [7, 11) is 0.